The van der Waals surface area contributed by atoms with E-state index in [1.165, 1.54) is 6.07 Å². The molecule has 1 N–H and O–H groups in total. The van der Waals surface area contributed by atoms with Gasteiger partial charge in [-0.1, -0.05) is 0 Å². The molecule has 16 heavy (non-hydrogen) atoms. The predicted octanol–water partition coefficient (Wildman–Crippen LogP) is 2.16. The highest BCUT2D eigenvalue weighted by atomic mass is 19.1. The summed E-state index contributed by atoms with van der Waals surface area (Å²) in [6, 6.07) is 3.60. The molecule has 0 radical (unpaired) electrons. The van der Waals surface area contributed by atoms with Gasteiger partial charge in [0, 0.05) is 12.6 Å². The van der Waals surface area contributed by atoms with E-state index in [0.29, 0.717) is 6.54 Å². The van der Waals surface area contributed by atoms with Gasteiger partial charge in [-0.25, -0.2) is 4.39 Å². The highest BCUT2D eigenvalue weighted by Crippen LogP contribution is 2.24. The molecule has 4 heteroatoms. The SMILES string of the molecule is CC1CCCN1C(=O)c1cc(F)ccc1O. The molecule has 1 aliphatic rings. The fraction of sp³-hybridized carbons (Fsp3) is 0.417. The van der Waals surface area contributed by atoms with Gasteiger partial charge in [0.25, 0.3) is 5.91 Å². The minimum atomic E-state index is -0.506. The van der Waals surface area contributed by atoms with Crippen LogP contribution in [0.25, 0.3) is 0 Å². The van der Waals surface area contributed by atoms with E-state index in [9.17, 15) is 14.3 Å². The number of phenols is 1. The first-order valence-corrected chi connectivity index (χ1v) is 5.39. The van der Waals surface area contributed by atoms with Crippen molar-refractivity contribution in [2.24, 2.45) is 0 Å². The number of phenolic OH excluding ortho intramolecular Hbond substituents is 1. The maximum Gasteiger partial charge on any atom is 0.257 e. The average Bonchev–Trinajstić information content (AvgIpc) is 2.67. The minimum absolute atomic E-state index is 0.0498. The minimum Gasteiger partial charge on any atom is -0.507 e. The Bertz CT molecular complexity index is 419. The van der Waals surface area contributed by atoms with Crippen molar-refractivity contribution in [2.75, 3.05) is 6.54 Å². The number of halogens is 1. The summed E-state index contributed by atoms with van der Waals surface area (Å²) in [6.45, 7) is 2.64. The van der Waals surface area contributed by atoms with Gasteiger partial charge in [0.05, 0.1) is 5.56 Å². The molecule has 1 atom stereocenters. The van der Waals surface area contributed by atoms with E-state index in [1.54, 1.807) is 4.90 Å². The normalized spacial score (nSPS) is 20.1. The van der Waals surface area contributed by atoms with Crippen LogP contribution in [-0.4, -0.2) is 28.5 Å². The number of hydrogen-bond acceptors (Lipinski definition) is 2. The van der Waals surface area contributed by atoms with Crippen molar-refractivity contribution in [3.8, 4) is 5.75 Å². The van der Waals surface area contributed by atoms with Crippen molar-refractivity contribution < 1.29 is 14.3 Å². The first-order valence-electron chi connectivity index (χ1n) is 5.39. The zero-order chi connectivity index (χ0) is 11.7. The van der Waals surface area contributed by atoms with Crippen molar-refractivity contribution in [2.45, 2.75) is 25.8 Å². The highest BCUT2D eigenvalue weighted by molar-refractivity contribution is 5.97. The van der Waals surface area contributed by atoms with Gasteiger partial charge in [-0.05, 0) is 38.0 Å². The van der Waals surface area contributed by atoms with Crippen LogP contribution < -0.4 is 0 Å². The zero-order valence-electron chi connectivity index (χ0n) is 9.11. The summed E-state index contributed by atoms with van der Waals surface area (Å²) in [5, 5.41) is 9.54. The number of nitrogens with zero attached hydrogens (tertiary/aromatic N) is 1. The maximum absolute atomic E-state index is 13.0. The van der Waals surface area contributed by atoms with Gasteiger partial charge >= 0.3 is 0 Å². The quantitative estimate of drug-likeness (QED) is 0.792. The third-order valence-electron chi connectivity index (χ3n) is 3.00. The van der Waals surface area contributed by atoms with Crippen LogP contribution in [0.5, 0.6) is 5.75 Å². The van der Waals surface area contributed by atoms with Gasteiger partial charge in [-0.2, -0.15) is 0 Å². The molecule has 1 heterocycles. The monoisotopic (exact) mass is 223 g/mol. The van der Waals surface area contributed by atoms with Crippen LogP contribution in [0.3, 0.4) is 0 Å². The molecule has 0 spiro atoms. The van der Waals surface area contributed by atoms with Crippen LogP contribution in [-0.2, 0) is 0 Å². The van der Waals surface area contributed by atoms with Crippen LogP contribution in [0.2, 0.25) is 0 Å². The van der Waals surface area contributed by atoms with Crippen LogP contribution in [0.15, 0.2) is 18.2 Å². The molecule has 1 amide bonds. The van der Waals surface area contributed by atoms with Gasteiger partial charge < -0.3 is 10.0 Å². The second kappa shape index (κ2) is 4.12. The average molecular weight is 223 g/mol. The Morgan fingerprint density at radius 2 is 2.31 bits per heavy atom. The molecule has 0 aliphatic carbocycles. The summed E-state index contributed by atoms with van der Waals surface area (Å²) in [5.74, 6) is -0.958. The molecule has 1 fully saturated rings. The predicted molar refractivity (Wildman–Crippen MR) is 57.8 cm³/mol. The van der Waals surface area contributed by atoms with Crippen molar-refractivity contribution in [1.29, 1.82) is 0 Å². The Labute approximate surface area is 93.5 Å². The standard InChI is InChI=1S/C12H14FNO2/c1-8-3-2-6-14(8)12(16)10-7-9(13)4-5-11(10)15/h4-5,7-8,15H,2-3,6H2,1H3. The Kier molecular flexibility index (Phi) is 2.81. The van der Waals surface area contributed by atoms with Crippen LogP contribution >= 0.6 is 0 Å². The summed E-state index contributed by atoms with van der Waals surface area (Å²) >= 11 is 0. The zero-order valence-corrected chi connectivity index (χ0v) is 9.11. The van der Waals surface area contributed by atoms with E-state index in [4.69, 9.17) is 0 Å². The summed E-state index contributed by atoms with van der Waals surface area (Å²) in [4.78, 5) is 13.7. The molecule has 1 unspecified atom stereocenters. The first-order chi connectivity index (χ1) is 7.59. The molecular formula is C12H14FNO2. The van der Waals surface area contributed by atoms with Gasteiger partial charge in [0.1, 0.15) is 11.6 Å². The summed E-state index contributed by atoms with van der Waals surface area (Å²) in [6.07, 6.45) is 1.92. The smallest absolute Gasteiger partial charge is 0.257 e. The van der Waals surface area contributed by atoms with E-state index < -0.39 is 5.82 Å². The lowest BCUT2D eigenvalue weighted by atomic mass is 10.1. The fourth-order valence-electron chi connectivity index (χ4n) is 2.07. The van der Waals surface area contributed by atoms with Crippen LogP contribution in [0.1, 0.15) is 30.1 Å². The lowest BCUT2D eigenvalue weighted by Crippen LogP contribution is -2.33. The molecule has 1 aliphatic heterocycles. The highest BCUT2D eigenvalue weighted by Gasteiger charge is 2.27. The number of amides is 1. The first kappa shape index (κ1) is 10.9. The van der Waals surface area contributed by atoms with Crippen molar-refractivity contribution in [3.63, 3.8) is 0 Å². The summed E-state index contributed by atoms with van der Waals surface area (Å²) in [7, 11) is 0. The number of likely N-dealkylation sites (tertiary alicyclic amines) is 1. The molecule has 0 aromatic heterocycles. The van der Waals surface area contributed by atoms with Crippen LogP contribution in [0.4, 0.5) is 4.39 Å². The van der Waals surface area contributed by atoms with Crippen molar-refractivity contribution in [1.82, 2.24) is 4.90 Å². The molecule has 2 rings (SSSR count). The van der Waals surface area contributed by atoms with Crippen molar-refractivity contribution >= 4 is 5.91 Å². The molecule has 1 aromatic rings. The lowest BCUT2D eigenvalue weighted by molar-refractivity contribution is 0.0744. The topological polar surface area (TPSA) is 40.5 Å². The summed E-state index contributed by atoms with van der Waals surface area (Å²) in [5.41, 5.74) is 0.0498. The molecule has 0 saturated carbocycles. The Morgan fingerprint density at radius 3 is 2.94 bits per heavy atom. The molecular weight excluding hydrogens is 209 g/mol. The Balaban J connectivity index is 2.29. The molecule has 1 aromatic carbocycles. The molecule has 0 bridgehead atoms. The number of rotatable bonds is 1. The third-order valence-corrected chi connectivity index (χ3v) is 3.00. The number of benzene rings is 1. The Morgan fingerprint density at radius 1 is 1.56 bits per heavy atom. The number of hydrogen-bond donors (Lipinski definition) is 1. The number of carbonyl (C=O) groups excluding carboxylic acids is 1. The fourth-order valence-corrected chi connectivity index (χ4v) is 2.07. The lowest BCUT2D eigenvalue weighted by Gasteiger charge is -2.21. The van der Waals surface area contributed by atoms with Gasteiger partial charge in [0.2, 0.25) is 0 Å². The Hall–Kier alpha value is -1.58. The third kappa shape index (κ3) is 1.87. The van der Waals surface area contributed by atoms with E-state index in [0.717, 1.165) is 25.0 Å². The van der Waals surface area contributed by atoms with E-state index in [1.807, 2.05) is 6.92 Å². The second-order valence-corrected chi connectivity index (χ2v) is 4.15. The van der Waals surface area contributed by atoms with Crippen LogP contribution in [0, 0.1) is 5.82 Å². The maximum atomic E-state index is 13.0. The van der Waals surface area contributed by atoms with E-state index >= 15 is 0 Å². The van der Waals surface area contributed by atoms with Crippen molar-refractivity contribution in [3.05, 3.63) is 29.6 Å². The van der Waals surface area contributed by atoms with Gasteiger partial charge in [-0.3, -0.25) is 4.79 Å². The second-order valence-electron chi connectivity index (χ2n) is 4.15. The molecule has 1 saturated heterocycles. The van der Waals surface area contributed by atoms with Gasteiger partial charge in [-0.15, -0.1) is 0 Å². The molecule has 3 nitrogen and oxygen atoms in total. The van der Waals surface area contributed by atoms with E-state index in [-0.39, 0.29) is 23.3 Å². The molecule has 86 valence electrons. The largest absolute Gasteiger partial charge is 0.507 e. The number of carbonyl (C=O) groups is 1. The number of aromatic hydroxyl groups is 1. The van der Waals surface area contributed by atoms with E-state index in [2.05, 4.69) is 0 Å². The summed E-state index contributed by atoms with van der Waals surface area (Å²) < 4.78 is 13.0. The van der Waals surface area contributed by atoms with Gasteiger partial charge in [0.15, 0.2) is 0 Å².